The SMILES string of the molecule is CCCCc1ccc2cc(-c3cc(F)c(-c4cc(F)c(OC(F)(F)F)c(F)c4)c(F)c3)ccc2c1. The van der Waals surface area contributed by atoms with Crippen LogP contribution in [0.3, 0.4) is 0 Å². The molecular formula is C27H19F7O. The van der Waals surface area contributed by atoms with Crippen molar-refractivity contribution < 1.29 is 35.5 Å². The molecule has 4 rings (SSSR count). The number of ether oxygens (including phenoxy) is 1. The molecule has 0 N–H and O–H groups in total. The van der Waals surface area contributed by atoms with E-state index in [1.165, 1.54) is 5.56 Å². The predicted molar refractivity (Wildman–Crippen MR) is 120 cm³/mol. The number of hydrogen-bond donors (Lipinski definition) is 0. The fourth-order valence-electron chi connectivity index (χ4n) is 3.94. The topological polar surface area (TPSA) is 9.23 Å². The van der Waals surface area contributed by atoms with Crippen molar-refractivity contribution in [3.8, 4) is 28.0 Å². The van der Waals surface area contributed by atoms with Gasteiger partial charge in [-0.25, -0.2) is 17.6 Å². The third kappa shape index (κ3) is 5.42. The van der Waals surface area contributed by atoms with Crippen LogP contribution in [0.2, 0.25) is 0 Å². The predicted octanol–water partition coefficient (Wildman–Crippen LogP) is 8.97. The van der Waals surface area contributed by atoms with E-state index in [4.69, 9.17) is 0 Å². The maximum absolute atomic E-state index is 14.9. The number of fused-ring (bicyclic) bond motifs is 1. The average Bonchev–Trinajstić information content (AvgIpc) is 2.78. The number of benzene rings is 4. The number of rotatable bonds is 6. The largest absolute Gasteiger partial charge is 0.573 e. The van der Waals surface area contributed by atoms with Crippen LogP contribution in [0.15, 0.2) is 60.7 Å². The Morgan fingerprint density at radius 1 is 0.657 bits per heavy atom. The highest BCUT2D eigenvalue weighted by Gasteiger charge is 2.34. The van der Waals surface area contributed by atoms with E-state index in [2.05, 4.69) is 17.7 Å². The first-order valence-electron chi connectivity index (χ1n) is 10.8. The maximum atomic E-state index is 14.9. The molecule has 1 nitrogen and oxygen atoms in total. The van der Waals surface area contributed by atoms with Crippen LogP contribution in [-0.4, -0.2) is 6.36 Å². The molecule has 8 heteroatoms. The summed E-state index contributed by atoms with van der Waals surface area (Å²) in [6.45, 7) is 2.11. The van der Waals surface area contributed by atoms with E-state index in [9.17, 15) is 30.7 Å². The molecule has 0 heterocycles. The third-order valence-electron chi connectivity index (χ3n) is 5.60. The zero-order chi connectivity index (χ0) is 25.3. The molecule has 35 heavy (non-hydrogen) atoms. The van der Waals surface area contributed by atoms with Gasteiger partial charge in [0.25, 0.3) is 0 Å². The zero-order valence-corrected chi connectivity index (χ0v) is 18.4. The van der Waals surface area contributed by atoms with E-state index in [1.54, 1.807) is 12.1 Å². The Morgan fingerprint density at radius 2 is 1.23 bits per heavy atom. The lowest BCUT2D eigenvalue weighted by Crippen LogP contribution is -2.19. The normalized spacial score (nSPS) is 11.8. The Morgan fingerprint density at radius 3 is 1.83 bits per heavy atom. The van der Waals surface area contributed by atoms with E-state index >= 15 is 0 Å². The van der Waals surface area contributed by atoms with Gasteiger partial charge in [-0.05, 0) is 76.2 Å². The lowest BCUT2D eigenvalue weighted by Gasteiger charge is -2.13. The maximum Gasteiger partial charge on any atom is 0.573 e. The minimum absolute atomic E-state index is 0.193. The molecule has 0 radical (unpaired) electrons. The van der Waals surface area contributed by atoms with Gasteiger partial charge in [0.2, 0.25) is 5.75 Å². The Balaban J connectivity index is 1.69. The molecule has 0 aromatic heterocycles. The van der Waals surface area contributed by atoms with Crippen molar-refractivity contribution in [2.75, 3.05) is 0 Å². The summed E-state index contributed by atoms with van der Waals surface area (Å²) in [4.78, 5) is 0. The van der Waals surface area contributed by atoms with Crippen molar-refractivity contribution in [1.82, 2.24) is 0 Å². The van der Waals surface area contributed by atoms with Crippen molar-refractivity contribution in [2.45, 2.75) is 32.5 Å². The van der Waals surface area contributed by atoms with Crippen LogP contribution in [0.1, 0.15) is 25.3 Å². The first-order chi connectivity index (χ1) is 16.6. The monoisotopic (exact) mass is 492 g/mol. The molecule has 182 valence electrons. The third-order valence-corrected chi connectivity index (χ3v) is 5.60. The van der Waals surface area contributed by atoms with Gasteiger partial charge in [-0.1, -0.05) is 43.7 Å². The van der Waals surface area contributed by atoms with Gasteiger partial charge in [0.15, 0.2) is 11.6 Å². The number of aryl methyl sites for hydroxylation is 1. The van der Waals surface area contributed by atoms with E-state index < -0.39 is 46.5 Å². The quantitative estimate of drug-likeness (QED) is 0.244. The Labute approximate surface area is 196 Å². The summed E-state index contributed by atoms with van der Waals surface area (Å²) in [5, 5.41) is 1.85. The van der Waals surface area contributed by atoms with Gasteiger partial charge in [0, 0.05) is 0 Å². The Bertz CT molecular complexity index is 1350. The molecule has 0 fully saturated rings. The molecule has 4 aromatic rings. The molecule has 0 bridgehead atoms. The van der Waals surface area contributed by atoms with Gasteiger partial charge in [0.05, 0.1) is 5.56 Å². The van der Waals surface area contributed by atoms with Gasteiger partial charge in [-0.3, -0.25) is 0 Å². The fraction of sp³-hybridized carbons (Fsp3) is 0.185. The average molecular weight is 492 g/mol. The first-order valence-corrected chi connectivity index (χ1v) is 10.8. The van der Waals surface area contributed by atoms with Crippen molar-refractivity contribution in [3.63, 3.8) is 0 Å². The van der Waals surface area contributed by atoms with Crippen molar-refractivity contribution in [1.29, 1.82) is 0 Å². The van der Waals surface area contributed by atoms with E-state index in [0.717, 1.165) is 42.2 Å². The van der Waals surface area contributed by atoms with Crippen LogP contribution in [-0.2, 0) is 6.42 Å². The molecule has 0 aliphatic rings. The lowest BCUT2D eigenvalue weighted by atomic mass is 9.96. The highest BCUT2D eigenvalue weighted by molar-refractivity contribution is 5.88. The van der Waals surface area contributed by atoms with Crippen molar-refractivity contribution >= 4 is 10.8 Å². The van der Waals surface area contributed by atoms with E-state index in [1.807, 2.05) is 18.2 Å². The minimum Gasteiger partial charge on any atom is -0.399 e. The molecule has 0 spiro atoms. The molecule has 0 saturated carbocycles. The second kappa shape index (κ2) is 9.60. The summed E-state index contributed by atoms with van der Waals surface area (Å²) in [7, 11) is 0. The molecule has 0 amide bonds. The number of hydrogen-bond acceptors (Lipinski definition) is 1. The van der Waals surface area contributed by atoms with Crippen molar-refractivity contribution in [3.05, 3.63) is 89.5 Å². The van der Waals surface area contributed by atoms with Crippen LogP contribution < -0.4 is 4.74 Å². The zero-order valence-electron chi connectivity index (χ0n) is 18.4. The summed E-state index contributed by atoms with van der Waals surface area (Å²) in [6, 6.07) is 14.1. The van der Waals surface area contributed by atoms with E-state index in [0.29, 0.717) is 17.7 Å². The molecular weight excluding hydrogens is 473 g/mol. The molecule has 0 aliphatic carbocycles. The molecule has 4 aromatic carbocycles. The highest BCUT2D eigenvalue weighted by Crippen LogP contribution is 2.36. The summed E-state index contributed by atoms with van der Waals surface area (Å²) in [5.41, 5.74) is 0.536. The van der Waals surface area contributed by atoms with Crippen LogP contribution in [0.5, 0.6) is 5.75 Å². The highest BCUT2D eigenvalue weighted by atomic mass is 19.4. The number of unbranched alkanes of at least 4 members (excludes halogenated alkanes) is 1. The van der Waals surface area contributed by atoms with Crippen LogP contribution >= 0.6 is 0 Å². The Kier molecular flexibility index (Phi) is 6.74. The van der Waals surface area contributed by atoms with Crippen LogP contribution in [0.25, 0.3) is 33.0 Å². The summed E-state index contributed by atoms with van der Waals surface area (Å²) >= 11 is 0. The van der Waals surface area contributed by atoms with Gasteiger partial charge >= 0.3 is 6.36 Å². The number of alkyl halides is 3. The summed E-state index contributed by atoms with van der Waals surface area (Å²) in [6.07, 6.45) is -2.23. The smallest absolute Gasteiger partial charge is 0.399 e. The summed E-state index contributed by atoms with van der Waals surface area (Å²) in [5.74, 6) is -7.44. The fourth-order valence-corrected chi connectivity index (χ4v) is 3.94. The number of halogens is 7. The second-order valence-electron chi connectivity index (χ2n) is 8.13. The van der Waals surface area contributed by atoms with E-state index in [-0.39, 0.29) is 5.56 Å². The Hall–Kier alpha value is -3.55. The van der Waals surface area contributed by atoms with Crippen molar-refractivity contribution in [2.24, 2.45) is 0 Å². The van der Waals surface area contributed by atoms with Gasteiger partial charge in [0.1, 0.15) is 11.6 Å². The lowest BCUT2D eigenvalue weighted by molar-refractivity contribution is -0.276. The standard InChI is InChI=1S/C27H19F7O/c1-2-3-4-15-5-6-17-10-18(8-7-16(17)9-15)19-11-21(28)25(22(29)12-19)20-13-23(30)26(24(31)14-20)35-27(32,33)34/h5-14H,2-4H2,1H3. The molecule has 0 saturated heterocycles. The molecule has 0 atom stereocenters. The summed E-state index contributed by atoms with van der Waals surface area (Å²) < 4.78 is 98.3. The second-order valence-corrected chi connectivity index (χ2v) is 8.13. The van der Waals surface area contributed by atoms with Crippen LogP contribution in [0, 0.1) is 23.3 Å². The first kappa shape index (κ1) is 24.6. The molecule has 0 aliphatic heterocycles. The molecule has 0 unspecified atom stereocenters. The minimum atomic E-state index is -5.34. The van der Waals surface area contributed by atoms with Gasteiger partial charge in [-0.15, -0.1) is 13.2 Å². The van der Waals surface area contributed by atoms with Gasteiger partial charge < -0.3 is 4.74 Å². The van der Waals surface area contributed by atoms with Gasteiger partial charge in [-0.2, -0.15) is 0 Å². The van der Waals surface area contributed by atoms with Crippen LogP contribution in [0.4, 0.5) is 30.7 Å².